The molecule has 262 valence electrons. The minimum Gasteiger partial charge on any atom is -0.481 e. The topological polar surface area (TPSA) is 101 Å². The van der Waals surface area contributed by atoms with Crippen LogP contribution in [-0.2, 0) is 28.6 Å². The van der Waals surface area contributed by atoms with E-state index in [1.165, 1.54) is 30.5 Å². The fourth-order valence-corrected chi connectivity index (χ4v) is 6.10. The van der Waals surface area contributed by atoms with Crippen molar-refractivity contribution < 1.29 is 36.6 Å². The highest BCUT2D eigenvalue weighted by Gasteiger charge is 2.36. The molecule has 0 aliphatic rings. The molecular formula is C38H36F5N3O4. The number of nitrogens with zero attached hydrogens (tertiary/aromatic N) is 2. The molecule has 0 bridgehead atoms. The minimum absolute atomic E-state index is 0.0251. The van der Waals surface area contributed by atoms with Crippen LogP contribution in [0.25, 0.3) is 11.1 Å². The number of amides is 1. The molecule has 2 N–H and O–H groups in total. The maximum absolute atomic E-state index is 15.9. The summed E-state index contributed by atoms with van der Waals surface area (Å²) in [5, 5.41) is 12.3. The Balaban J connectivity index is 1.81. The number of aromatic nitrogens is 2. The SMILES string of the molecule is C#Cc1cc(-c2c(C)cc(F)cc2C)cc([C@@H](CC(=O)O)NC(=O)[C@@H](CC(C)C)n2cc(CCc3ccccn3)c(C(F)(F)F)cc2=O)c1F. The number of carboxylic acid groups (broad SMARTS) is 1. The van der Waals surface area contributed by atoms with Gasteiger partial charge in [-0.3, -0.25) is 19.4 Å². The van der Waals surface area contributed by atoms with Crippen molar-refractivity contribution in [3.63, 3.8) is 0 Å². The third kappa shape index (κ3) is 8.83. The fourth-order valence-electron chi connectivity index (χ4n) is 6.10. The van der Waals surface area contributed by atoms with Gasteiger partial charge >= 0.3 is 12.1 Å². The van der Waals surface area contributed by atoms with Gasteiger partial charge in [0, 0.05) is 29.7 Å². The smallest absolute Gasteiger partial charge is 0.416 e. The average Bonchev–Trinajstić information content (AvgIpc) is 3.02. The van der Waals surface area contributed by atoms with E-state index < -0.39 is 59.3 Å². The van der Waals surface area contributed by atoms with E-state index in [9.17, 15) is 37.1 Å². The Morgan fingerprint density at radius 2 is 1.72 bits per heavy atom. The largest absolute Gasteiger partial charge is 0.481 e. The van der Waals surface area contributed by atoms with Crippen LogP contribution in [0.1, 0.15) is 77.8 Å². The van der Waals surface area contributed by atoms with E-state index in [4.69, 9.17) is 6.42 Å². The fraction of sp³-hybridized carbons (Fsp3) is 0.316. The summed E-state index contributed by atoms with van der Waals surface area (Å²) >= 11 is 0. The third-order valence-corrected chi connectivity index (χ3v) is 8.29. The minimum atomic E-state index is -4.86. The lowest BCUT2D eigenvalue weighted by molar-refractivity contribution is -0.139. The summed E-state index contributed by atoms with van der Waals surface area (Å²) in [6.07, 6.45) is 2.39. The molecule has 0 aliphatic carbocycles. The van der Waals surface area contributed by atoms with Crippen molar-refractivity contribution in [1.82, 2.24) is 14.9 Å². The Kier molecular flexibility index (Phi) is 11.6. The van der Waals surface area contributed by atoms with E-state index in [2.05, 4.69) is 16.2 Å². The van der Waals surface area contributed by atoms with Gasteiger partial charge in [-0.15, -0.1) is 6.42 Å². The number of aryl methyl sites for hydroxylation is 4. The summed E-state index contributed by atoms with van der Waals surface area (Å²) in [6, 6.07) is 7.79. The van der Waals surface area contributed by atoms with E-state index in [0.29, 0.717) is 34.0 Å². The Morgan fingerprint density at radius 3 is 2.28 bits per heavy atom. The predicted molar refractivity (Wildman–Crippen MR) is 178 cm³/mol. The highest BCUT2D eigenvalue weighted by atomic mass is 19.4. The summed E-state index contributed by atoms with van der Waals surface area (Å²) < 4.78 is 73.2. The summed E-state index contributed by atoms with van der Waals surface area (Å²) in [5.74, 6) is -1.80. The molecular weight excluding hydrogens is 657 g/mol. The maximum atomic E-state index is 15.9. The molecule has 0 saturated carbocycles. The highest BCUT2D eigenvalue weighted by Crippen LogP contribution is 2.35. The molecule has 7 nitrogen and oxygen atoms in total. The summed E-state index contributed by atoms with van der Waals surface area (Å²) in [5.41, 5.74) is -0.593. The molecule has 4 aromatic rings. The van der Waals surface area contributed by atoms with Gasteiger partial charge in [0.2, 0.25) is 5.91 Å². The number of alkyl halides is 3. The van der Waals surface area contributed by atoms with Crippen LogP contribution in [0.5, 0.6) is 0 Å². The van der Waals surface area contributed by atoms with Gasteiger partial charge in [-0.25, -0.2) is 8.78 Å². The number of pyridine rings is 2. The maximum Gasteiger partial charge on any atom is 0.416 e. The molecule has 0 fully saturated rings. The van der Waals surface area contributed by atoms with E-state index >= 15 is 4.39 Å². The van der Waals surface area contributed by atoms with Crippen molar-refractivity contribution >= 4 is 11.9 Å². The van der Waals surface area contributed by atoms with Gasteiger partial charge in [-0.1, -0.05) is 25.8 Å². The molecule has 4 rings (SSSR count). The summed E-state index contributed by atoms with van der Waals surface area (Å²) in [6.45, 7) is 6.76. The molecule has 0 unspecified atom stereocenters. The number of carbonyl (C=O) groups is 2. The Bertz CT molecular complexity index is 1980. The zero-order chi connectivity index (χ0) is 36.9. The first-order valence-corrected chi connectivity index (χ1v) is 15.8. The van der Waals surface area contributed by atoms with Crippen LogP contribution in [0.2, 0.25) is 0 Å². The first kappa shape index (κ1) is 37.5. The van der Waals surface area contributed by atoms with Gasteiger partial charge in [0.1, 0.15) is 17.7 Å². The van der Waals surface area contributed by atoms with E-state index in [1.807, 2.05) is 0 Å². The monoisotopic (exact) mass is 693 g/mol. The molecule has 2 atom stereocenters. The van der Waals surface area contributed by atoms with Gasteiger partial charge < -0.3 is 15.0 Å². The molecule has 12 heteroatoms. The van der Waals surface area contributed by atoms with Crippen molar-refractivity contribution in [3.05, 3.63) is 122 Å². The van der Waals surface area contributed by atoms with E-state index in [0.717, 1.165) is 10.8 Å². The van der Waals surface area contributed by atoms with Crippen molar-refractivity contribution in [2.45, 2.75) is 71.6 Å². The molecule has 2 heterocycles. The first-order chi connectivity index (χ1) is 23.5. The molecule has 50 heavy (non-hydrogen) atoms. The van der Waals surface area contributed by atoms with Crippen molar-refractivity contribution in [3.8, 4) is 23.5 Å². The number of carboxylic acids is 1. The van der Waals surface area contributed by atoms with Crippen molar-refractivity contribution in [2.24, 2.45) is 5.92 Å². The number of terminal acetylenes is 1. The zero-order valence-electron chi connectivity index (χ0n) is 27.9. The second-order valence-corrected chi connectivity index (χ2v) is 12.6. The molecule has 2 aromatic carbocycles. The second-order valence-electron chi connectivity index (χ2n) is 12.6. The second kappa shape index (κ2) is 15.5. The molecule has 2 aromatic heterocycles. The number of rotatable bonds is 12. The average molecular weight is 694 g/mol. The lowest BCUT2D eigenvalue weighted by Gasteiger charge is -2.27. The van der Waals surface area contributed by atoms with Gasteiger partial charge in [0.25, 0.3) is 5.56 Å². The highest BCUT2D eigenvalue weighted by molar-refractivity contribution is 5.82. The van der Waals surface area contributed by atoms with Crippen LogP contribution in [-0.4, -0.2) is 26.5 Å². The molecule has 0 aliphatic heterocycles. The molecule has 1 amide bonds. The number of aliphatic carboxylic acids is 1. The quantitative estimate of drug-likeness (QED) is 0.118. The Labute approximate surface area is 286 Å². The van der Waals surface area contributed by atoms with Crippen molar-refractivity contribution in [2.75, 3.05) is 0 Å². The Morgan fingerprint density at radius 1 is 1.04 bits per heavy atom. The summed E-state index contributed by atoms with van der Waals surface area (Å²) in [4.78, 5) is 43.5. The van der Waals surface area contributed by atoms with Crippen LogP contribution in [0.4, 0.5) is 22.0 Å². The van der Waals surface area contributed by atoms with Crippen LogP contribution in [0.15, 0.2) is 65.7 Å². The number of hydrogen-bond acceptors (Lipinski definition) is 4. The number of halogens is 5. The van der Waals surface area contributed by atoms with Gasteiger partial charge in [0.15, 0.2) is 0 Å². The number of benzene rings is 2. The number of nitrogens with one attached hydrogen (secondary N) is 1. The Hall–Kier alpha value is -5.31. The lowest BCUT2D eigenvalue weighted by atomic mass is 9.90. The van der Waals surface area contributed by atoms with Crippen molar-refractivity contribution in [1.29, 1.82) is 0 Å². The standard InChI is InChI=1S/C38H36F5N3O4/c1-6-24-16-26(35-22(4)14-27(39)15-23(35)5)17-29(36(24)40)31(19-34(48)49)45-37(50)32(13-21(2)3)46-20-25(10-11-28-9-7-8-12-44-28)30(18-33(46)47)38(41,42)43/h1,7-9,12,14-18,20-21,31-32H,10-11,13,19H2,2-5H3,(H,45,50)(H,48,49)/t31-,32-/m1/s1. The predicted octanol–water partition coefficient (Wildman–Crippen LogP) is 7.51. The molecule has 0 radical (unpaired) electrons. The zero-order valence-corrected chi connectivity index (χ0v) is 27.9. The van der Waals surface area contributed by atoms with Gasteiger partial charge in [0.05, 0.1) is 23.6 Å². The van der Waals surface area contributed by atoms with Gasteiger partial charge in [-0.2, -0.15) is 13.2 Å². The van der Waals surface area contributed by atoms with Crippen LogP contribution < -0.4 is 10.9 Å². The molecule has 0 spiro atoms. The van der Waals surface area contributed by atoms with Gasteiger partial charge in [-0.05, 0) is 103 Å². The van der Waals surface area contributed by atoms with Crippen LogP contribution in [0.3, 0.4) is 0 Å². The van der Waals surface area contributed by atoms with Crippen LogP contribution >= 0.6 is 0 Å². The third-order valence-electron chi connectivity index (χ3n) is 8.29. The normalized spacial score (nSPS) is 12.7. The first-order valence-electron chi connectivity index (χ1n) is 15.8. The number of hydrogen-bond donors (Lipinski definition) is 2. The molecule has 0 saturated heterocycles. The summed E-state index contributed by atoms with van der Waals surface area (Å²) in [7, 11) is 0. The number of carbonyl (C=O) groups excluding carboxylic acids is 1. The lowest BCUT2D eigenvalue weighted by Crippen LogP contribution is -2.40. The van der Waals surface area contributed by atoms with E-state index in [-0.39, 0.29) is 41.9 Å². The van der Waals surface area contributed by atoms with E-state index in [1.54, 1.807) is 45.9 Å². The van der Waals surface area contributed by atoms with Crippen LogP contribution in [0, 0.1) is 43.7 Å².